The molecule has 0 bridgehead atoms. The zero-order valence-electron chi connectivity index (χ0n) is 16.3. The topological polar surface area (TPSA) is 29.5 Å². The Bertz CT molecular complexity index is 416. The summed E-state index contributed by atoms with van der Waals surface area (Å²) in [4.78, 5) is 0. The lowest BCUT2D eigenvalue weighted by Crippen LogP contribution is -2.38. The maximum absolute atomic E-state index is 9.65. The summed E-state index contributed by atoms with van der Waals surface area (Å²) in [5.74, 6) is 0.986. The Balaban J connectivity index is 2.64. The fraction of sp³-hybridized carbons (Fsp3) is 0.714. The van der Waals surface area contributed by atoms with Crippen LogP contribution in [0.15, 0.2) is 24.3 Å². The van der Waals surface area contributed by atoms with Gasteiger partial charge in [0.15, 0.2) is 0 Å². The maximum atomic E-state index is 9.65. The zero-order chi connectivity index (χ0) is 17.8. The van der Waals surface area contributed by atoms with Gasteiger partial charge in [-0.15, -0.1) is 0 Å². The van der Waals surface area contributed by atoms with Crippen LogP contribution in [-0.2, 0) is 0 Å². The molecule has 0 aliphatic rings. The first-order valence-corrected chi connectivity index (χ1v) is 12.8. The number of rotatable bonds is 13. The van der Waals surface area contributed by atoms with E-state index < -0.39 is 14.4 Å². The molecule has 1 atom stereocenters. The largest absolute Gasteiger partial charge is 0.544 e. The zero-order valence-corrected chi connectivity index (χ0v) is 17.3. The maximum Gasteiger partial charge on any atom is 0.248 e. The molecule has 0 radical (unpaired) electrons. The van der Waals surface area contributed by atoms with Crippen LogP contribution in [0.2, 0.25) is 18.6 Å². The van der Waals surface area contributed by atoms with Gasteiger partial charge in [-0.3, -0.25) is 0 Å². The molecule has 1 aromatic rings. The van der Waals surface area contributed by atoms with Gasteiger partial charge in [0.1, 0.15) is 5.75 Å². The monoisotopic (exact) mass is 350 g/mol. The summed E-state index contributed by atoms with van der Waals surface area (Å²) in [6, 6.07) is 10.6. The molecule has 24 heavy (non-hydrogen) atoms. The number of hydrogen-bond donors (Lipinski definition) is 1. The minimum absolute atomic E-state index is 0.411. The summed E-state index contributed by atoms with van der Waals surface area (Å²) in [6.45, 7) is 8.74. The molecule has 2 nitrogen and oxygen atoms in total. The van der Waals surface area contributed by atoms with Gasteiger partial charge in [0.25, 0.3) is 0 Å². The second-order valence-electron chi connectivity index (χ2n) is 7.42. The molecule has 3 heteroatoms. The van der Waals surface area contributed by atoms with Gasteiger partial charge < -0.3 is 9.53 Å². The second kappa shape index (κ2) is 11.7. The van der Waals surface area contributed by atoms with E-state index in [4.69, 9.17) is 4.43 Å². The Morgan fingerprint density at radius 2 is 1.38 bits per heavy atom. The molecule has 1 N–H and O–H groups in total. The van der Waals surface area contributed by atoms with Crippen LogP contribution in [0.3, 0.4) is 0 Å². The van der Waals surface area contributed by atoms with Crippen LogP contribution in [0.5, 0.6) is 5.75 Å². The number of unbranched alkanes of at least 4 members (excludes halogenated alkanes) is 6. The third kappa shape index (κ3) is 8.34. The molecule has 138 valence electrons. The van der Waals surface area contributed by atoms with E-state index in [1.165, 1.54) is 63.5 Å². The van der Waals surface area contributed by atoms with Crippen molar-refractivity contribution < 1.29 is 9.53 Å². The number of aliphatic hydroxyl groups excluding tert-OH is 1. The molecular weight excluding hydrogens is 312 g/mol. The van der Waals surface area contributed by atoms with Crippen LogP contribution in [-0.4, -0.2) is 13.4 Å². The van der Waals surface area contributed by atoms with Crippen LogP contribution >= 0.6 is 0 Å². The van der Waals surface area contributed by atoms with E-state index in [9.17, 15) is 5.11 Å². The Morgan fingerprint density at radius 1 is 0.875 bits per heavy atom. The number of hydrogen-bond acceptors (Lipinski definition) is 2. The van der Waals surface area contributed by atoms with Gasteiger partial charge in [0, 0.05) is 0 Å². The molecule has 1 aromatic carbocycles. The Labute approximate surface area is 150 Å². The normalized spacial score (nSPS) is 13.0. The Hall–Kier alpha value is -0.803. The van der Waals surface area contributed by atoms with Crippen molar-refractivity contribution in [3.63, 3.8) is 0 Å². The van der Waals surface area contributed by atoms with Crippen LogP contribution in [0.25, 0.3) is 0 Å². The van der Waals surface area contributed by atoms with Crippen LogP contribution < -0.4 is 4.43 Å². The van der Waals surface area contributed by atoms with Crippen LogP contribution in [0.4, 0.5) is 0 Å². The summed E-state index contributed by atoms with van der Waals surface area (Å²) in [6.07, 6.45) is 10.1. The van der Waals surface area contributed by atoms with Gasteiger partial charge in [-0.05, 0) is 43.3 Å². The molecule has 1 unspecified atom stereocenters. The van der Waals surface area contributed by atoms with Gasteiger partial charge in [-0.1, -0.05) is 77.3 Å². The summed E-state index contributed by atoms with van der Waals surface area (Å²) in [5.41, 5.74) is 0.955. The molecule has 0 heterocycles. The minimum atomic E-state index is -1.70. The van der Waals surface area contributed by atoms with Crippen molar-refractivity contribution in [2.24, 2.45) is 0 Å². The van der Waals surface area contributed by atoms with Gasteiger partial charge in [0.05, 0.1) is 6.10 Å². The van der Waals surface area contributed by atoms with Crippen molar-refractivity contribution in [1.29, 1.82) is 0 Å². The molecule has 0 amide bonds. The minimum Gasteiger partial charge on any atom is -0.544 e. The first-order valence-electron chi connectivity index (χ1n) is 9.98. The summed E-state index contributed by atoms with van der Waals surface area (Å²) in [5, 5.41) is 9.65. The average Bonchev–Trinajstić information content (AvgIpc) is 2.56. The molecule has 0 fully saturated rings. The van der Waals surface area contributed by atoms with E-state index in [0.717, 1.165) is 11.3 Å². The fourth-order valence-corrected chi connectivity index (χ4v) is 6.33. The highest BCUT2D eigenvalue weighted by Crippen LogP contribution is 2.28. The average molecular weight is 351 g/mol. The third-order valence-corrected chi connectivity index (χ3v) is 8.40. The SMILES string of the molecule is CCCCCC[Si](C)(CCCCCC)Oc1ccc(C(C)O)cc1. The number of aliphatic hydroxyl groups is 1. The lowest BCUT2D eigenvalue weighted by Gasteiger charge is -2.29. The van der Waals surface area contributed by atoms with Crippen molar-refractivity contribution in [2.75, 3.05) is 0 Å². The van der Waals surface area contributed by atoms with Crippen LogP contribution in [0, 0.1) is 0 Å². The Morgan fingerprint density at radius 3 is 1.79 bits per heavy atom. The van der Waals surface area contributed by atoms with Crippen molar-refractivity contribution in [3.05, 3.63) is 29.8 Å². The lowest BCUT2D eigenvalue weighted by atomic mass is 10.1. The lowest BCUT2D eigenvalue weighted by molar-refractivity contribution is 0.199. The first kappa shape index (κ1) is 21.2. The predicted octanol–water partition coefficient (Wildman–Crippen LogP) is 6.85. The van der Waals surface area contributed by atoms with Gasteiger partial charge in [0.2, 0.25) is 8.32 Å². The van der Waals surface area contributed by atoms with E-state index in [1.807, 2.05) is 24.3 Å². The molecule has 1 rings (SSSR count). The van der Waals surface area contributed by atoms with E-state index in [1.54, 1.807) is 6.92 Å². The van der Waals surface area contributed by atoms with Gasteiger partial charge in [-0.25, -0.2) is 0 Å². The summed E-state index contributed by atoms with van der Waals surface area (Å²) in [7, 11) is -1.70. The van der Waals surface area contributed by atoms with Crippen molar-refractivity contribution >= 4 is 8.32 Å². The highest BCUT2D eigenvalue weighted by molar-refractivity contribution is 6.73. The summed E-state index contributed by atoms with van der Waals surface area (Å²) < 4.78 is 6.55. The van der Waals surface area contributed by atoms with Crippen LogP contribution in [0.1, 0.15) is 83.8 Å². The van der Waals surface area contributed by atoms with Crippen molar-refractivity contribution in [2.45, 2.75) is 96.9 Å². The summed E-state index contributed by atoms with van der Waals surface area (Å²) >= 11 is 0. The van der Waals surface area contributed by atoms with Gasteiger partial charge >= 0.3 is 0 Å². The quantitative estimate of drug-likeness (QED) is 0.311. The van der Waals surface area contributed by atoms with E-state index in [2.05, 4.69) is 20.4 Å². The molecular formula is C21H38O2Si. The molecule has 0 spiro atoms. The molecule has 0 aromatic heterocycles. The highest BCUT2D eigenvalue weighted by atomic mass is 28.4. The standard InChI is InChI=1S/C21H38O2Si/c1-5-7-9-11-17-24(4,18-12-10-8-6-2)23-21-15-13-20(14-16-21)19(3)22/h13-16,19,22H,5-12,17-18H2,1-4H3. The predicted molar refractivity (Wildman–Crippen MR) is 107 cm³/mol. The molecule has 0 saturated heterocycles. The first-order chi connectivity index (χ1) is 11.5. The third-order valence-electron chi connectivity index (χ3n) is 4.85. The smallest absolute Gasteiger partial charge is 0.248 e. The van der Waals surface area contributed by atoms with Crippen molar-refractivity contribution in [3.8, 4) is 5.75 Å². The number of benzene rings is 1. The highest BCUT2D eigenvalue weighted by Gasteiger charge is 2.30. The molecule has 0 aliphatic heterocycles. The Kier molecular flexibility index (Phi) is 10.4. The second-order valence-corrected chi connectivity index (χ2v) is 11.5. The van der Waals surface area contributed by atoms with Crippen molar-refractivity contribution in [1.82, 2.24) is 0 Å². The van der Waals surface area contributed by atoms with E-state index in [0.29, 0.717) is 0 Å². The molecule has 0 saturated carbocycles. The fourth-order valence-electron chi connectivity index (χ4n) is 3.18. The van der Waals surface area contributed by atoms with E-state index in [-0.39, 0.29) is 0 Å². The molecule has 0 aliphatic carbocycles. The van der Waals surface area contributed by atoms with E-state index >= 15 is 0 Å². The van der Waals surface area contributed by atoms with Gasteiger partial charge in [-0.2, -0.15) is 0 Å².